The molecule has 4 aromatic rings. The highest BCUT2D eigenvalue weighted by molar-refractivity contribution is 5.99. The van der Waals surface area contributed by atoms with Crippen LogP contribution in [0.2, 0.25) is 0 Å². The largest absolute Gasteiger partial charge is 0.481 e. The van der Waals surface area contributed by atoms with Gasteiger partial charge in [-0.3, -0.25) is 30.0 Å². The highest BCUT2D eigenvalue weighted by Crippen LogP contribution is 2.21. The Hall–Kier alpha value is -8.33. The monoisotopic (exact) mass is 854 g/mol. The van der Waals surface area contributed by atoms with Gasteiger partial charge in [-0.15, -0.1) is 0 Å². The topological polar surface area (TPSA) is 338 Å². The molecule has 0 aliphatic carbocycles. The Bertz CT molecular complexity index is 2320. The second kappa shape index (κ2) is 22.2. The van der Waals surface area contributed by atoms with Gasteiger partial charge in [-0.2, -0.15) is 0 Å². The molecule has 1 unspecified atom stereocenters. The van der Waals surface area contributed by atoms with Crippen LogP contribution in [0.15, 0.2) is 97.1 Å². The number of esters is 2. The Kier molecular flexibility index (Phi) is 16.6. The molecule has 0 bridgehead atoms. The van der Waals surface area contributed by atoms with Crippen molar-refractivity contribution in [1.82, 2.24) is 9.80 Å². The van der Waals surface area contributed by atoms with E-state index in [0.717, 1.165) is 9.80 Å². The van der Waals surface area contributed by atoms with E-state index in [2.05, 4.69) is 10.6 Å². The van der Waals surface area contributed by atoms with Crippen molar-refractivity contribution < 1.29 is 63.1 Å². The first-order valence-corrected chi connectivity index (χ1v) is 18.4. The zero-order valence-electron chi connectivity index (χ0n) is 32.7. The number of hydrogen-bond donors (Lipinski definition) is 9. The summed E-state index contributed by atoms with van der Waals surface area (Å²) in [6.45, 7) is -2.05. The van der Waals surface area contributed by atoms with Crippen molar-refractivity contribution in [3.05, 3.63) is 119 Å². The van der Waals surface area contributed by atoms with Gasteiger partial charge in [0, 0.05) is 42.0 Å². The lowest BCUT2D eigenvalue weighted by atomic mass is 10.1. The zero-order valence-corrected chi connectivity index (χ0v) is 32.7. The molecule has 0 aliphatic heterocycles. The van der Waals surface area contributed by atoms with Gasteiger partial charge in [0.2, 0.25) is 0 Å². The van der Waals surface area contributed by atoms with Crippen LogP contribution in [0, 0.1) is 10.8 Å². The molecule has 0 aliphatic rings. The summed E-state index contributed by atoms with van der Waals surface area (Å²) in [5.41, 5.74) is 11.7. The highest BCUT2D eigenvalue weighted by atomic mass is 16.5. The van der Waals surface area contributed by atoms with Crippen LogP contribution >= 0.6 is 0 Å². The first-order chi connectivity index (χ1) is 29.5. The number of anilines is 2. The van der Waals surface area contributed by atoms with E-state index in [1.807, 2.05) is 0 Å². The summed E-state index contributed by atoms with van der Waals surface area (Å²) in [6.07, 6.45) is -1.07. The lowest BCUT2D eigenvalue weighted by molar-refractivity contribution is -0.144. The Morgan fingerprint density at radius 3 is 1.52 bits per heavy atom. The van der Waals surface area contributed by atoms with E-state index in [0.29, 0.717) is 11.4 Å². The van der Waals surface area contributed by atoms with Crippen molar-refractivity contribution in [2.75, 3.05) is 43.5 Å². The van der Waals surface area contributed by atoms with Gasteiger partial charge in [0.25, 0.3) is 11.8 Å². The van der Waals surface area contributed by atoms with Gasteiger partial charge in [0.05, 0.1) is 24.3 Å². The van der Waals surface area contributed by atoms with Crippen molar-refractivity contribution in [3.63, 3.8) is 0 Å². The second-order valence-electron chi connectivity index (χ2n) is 13.1. The number of carboxylic acids is 3. The average molecular weight is 855 g/mol. The number of carbonyl (C=O) groups is 7. The fourth-order valence-electron chi connectivity index (χ4n) is 5.68. The predicted molar refractivity (Wildman–Crippen MR) is 220 cm³/mol. The van der Waals surface area contributed by atoms with Crippen molar-refractivity contribution >= 4 is 65.0 Å². The Morgan fingerprint density at radius 2 is 1.08 bits per heavy atom. The number of benzene rings is 4. The minimum atomic E-state index is -1.63. The number of rotatable bonds is 21. The maximum Gasteiger partial charge on any atom is 0.343 e. The maximum absolute atomic E-state index is 13.9. The fraction of sp³-hybridized carbons (Fsp3) is 0.195. The smallest absolute Gasteiger partial charge is 0.343 e. The molecule has 0 radical (unpaired) electrons. The first-order valence-electron chi connectivity index (χ1n) is 18.4. The molecule has 1 atom stereocenters. The molecule has 324 valence electrons. The molecular formula is C41H42N8O13. The molecule has 21 heteroatoms. The lowest BCUT2D eigenvalue weighted by Gasteiger charge is -2.29. The number of ether oxygens (including phenoxy) is 3. The maximum atomic E-state index is 13.9. The average Bonchev–Trinajstić information content (AvgIpc) is 3.21. The van der Waals surface area contributed by atoms with Crippen LogP contribution in [0.4, 0.5) is 11.4 Å². The lowest BCUT2D eigenvalue weighted by Crippen LogP contribution is -2.47. The van der Waals surface area contributed by atoms with E-state index in [1.165, 1.54) is 97.1 Å². The SMILES string of the molecule is N=C(N)Nc1ccc(C(=O)Oc2cccc(C(=O)N(CCOCCN(C(=O)c3cccc(OC(=O)c4ccc(NC(=N)N)cc4)c3)C(CCC(=O)O)C(=O)O)CC(=O)O)c2)cc1. The summed E-state index contributed by atoms with van der Waals surface area (Å²) in [5.74, 6) is -8.03. The summed E-state index contributed by atoms with van der Waals surface area (Å²) < 4.78 is 16.5. The van der Waals surface area contributed by atoms with E-state index in [1.54, 1.807) is 0 Å². The number of carbonyl (C=O) groups excluding carboxylic acids is 4. The second-order valence-corrected chi connectivity index (χ2v) is 13.1. The van der Waals surface area contributed by atoms with Gasteiger partial charge in [0.15, 0.2) is 11.9 Å². The third-order valence-electron chi connectivity index (χ3n) is 8.53. The number of hydrogen-bond acceptors (Lipinski definition) is 12. The zero-order chi connectivity index (χ0) is 45.3. The summed E-state index contributed by atoms with van der Waals surface area (Å²) >= 11 is 0. The van der Waals surface area contributed by atoms with Crippen molar-refractivity contribution in [2.45, 2.75) is 18.9 Å². The molecule has 0 spiro atoms. The number of nitrogens with one attached hydrogen (secondary N) is 4. The number of guanidine groups is 2. The molecule has 21 nitrogen and oxygen atoms in total. The number of nitrogens with zero attached hydrogens (tertiary/aromatic N) is 2. The van der Waals surface area contributed by atoms with Crippen LogP contribution in [0.3, 0.4) is 0 Å². The first kappa shape index (κ1) is 46.4. The molecule has 0 saturated heterocycles. The molecule has 62 heavy (non-hydrogen) atoms. The quantitative estimate of drug-likeness (QED) is 0.0191. The molecule has 4 rings (SSSR count). The predicted octanol–water partition coefficient (Wildman–Crippen LogP) is 2.74. The van der Waals surface area contributed by atoms with Crippen LogP contribution < -0.4 is 31.6 Å². The highest BCUT2D eigenvalue weighted by Gasteiger charge is 2.31. The molecule has 0 saturated carbocycles. The van der Waals surface area contributed by atoms with Gasteiger partial charge in [0.1, 0.15) is 24.1 Å². The summed E-state index contributed by atoms with van der Waals surface area (Å²) in [5, 5.41) is 48.6. The Morgan fingerprint density at radius 1 is 0.613 bits per heavy atom. The van der Waals surface area contributed by atoms with Crippen LogP contribution in [0.1, 0.15) is 54.3 Å². The number of aliphatic carboxylic acids is 3. The molecule has 2 amide bonds. The normalized spacial score (nSPS) is 11.0. The molecule has 0 fully saturated rings. The number of carboxylic acid groups (broad SMARTS) is 3. The standard InChI is InChI=1S/C41H42N8O13/c42-40(43)46-28-11-7-24(8-12-28)38(58)61-30-5-1-3-26(21-30)35(54)48(23-34(52)53)17-19-60-20-18-49(32(37(56)57)15-16-33(50)51)36(55)27-4-2-6-31(22-27)62-39(59)25-9-13-29(14-10-25)47-41(44)45/h1-14,21-22,32H,15-20,23H2,(H,50,51)(H,52,53)(H,56,57)(H4,42,43,46)(H4,44,45,47). The van der Waals surface area contributed by atoms with Crippen LogP contribution in [-0.4, -0.2) is 118 Å². The van der Waals surface area contributed by atoms with Crippen LogP contribution in [0.25, 0.3) is 0 Å². The van der Waals surface area contributed by atoms with Crippen molar-refractivity contribution in [3.8, 4) is 11.5 Å². The van der Waals surface area contributed by atoms with Gasteiger partial charge >= 0.3 is 29.8 Å². The van der Waals surface area contributed by atoms with E-state index in [-0.39, 0.29) is 65.4 Å². The minimum Gasteiger partial charge on any atom is -0.481 e. The molecule has 0 aromatic heterocycles. The van der Waals surface area contributed by atoms with Gasteiger partial charge < -0.3 is 61.4 Å². The third-order valence-corrected chi connectivity index (χ3v) is 8.53. The molecule has 11 N–H and O–H groups in total. The van der Waals surface area contributed by atoms with Crippen molar-refractivity contribution in [1.29, 1.82) is 10.8 Å². The molecule has 4 aromatic carbocycles. The van der Waals surface area contributed by atoms with Gasteiger partial charge in [-0.1, -0.05) is 12.1 Å². The van der Waals surface area contributed by atoms with Crippen LogP contribution in [-0.2, 0) is 19.1 Å². The van der Waals surface area contributed by atoms with E-state index >= 15 is 0 Å². The molecular weight excluding hydrogens is 812 g/mol. The Labute approximate surface area is 352 Å². The number of nitrogens with two attached hydrogens (primary N) is 2. The number of amides is 2. The van der Waals surface area contributed by atoms with Crippen LogP contribution in [0.5, 0.6) is 11.5 Å². The third kappa shape index (κ3) is 14.2. The summed E-state index contributed by atoms with van der Waals surface area (Å²) in [4.78, 5) is 90.2. The summed E-state index contributed by atoms with van der Waals surface area (Å²) in [7, 11) is 0. The van der Waals surface area contributed by atoms with Gasteiger partial charge in [-0.25, -0.2) is 14.4 Å². The fourth-order valence-corrected chi connectivity index (χ4v) is 5.68. The van der Waals surface area contributed by atoms with E-state index in [9.17, 15) is 48.9 Å². The minimum absolute atomic E-state index is 0.0165. The van der Waals surface area contributed by atoms with Crippen molar-refractivity contribution in [2.24, 2.45) is 11.5 Å². The van der Waals surface area contributed by atoms with E-state index in [4.69, 9.17) is 36.5 Å². The molecule has 0 heterocycles. The Balaban J connectivity index is 1.42. The van der Waals surface area contributed by atoms with Gasteiger partial charge in [-0.05, 0) is 91.3 Å². The van der Waals surface area contributed by atoms with E-state index < -0.39 is 73.6 Å². The summed E-state index contributed by atoms with van der Waals surface area (Å²) in [6, 6.07) is 20.8.